The van der Waals surface area contributed by atoms with Crippen molar-refractivity contribution in [2.45, 2.75) is 39.0 Å². The van der Waals surface area contributed by atoms with Gasteiger partial charge in [0.15, 0.2) is 0 Å². The van der Waals surface area contributed by atoms with Crippen LogP contribution in [0.3, 0.4) is 0 Å². The third kappa shape index (κ3) is 7.47. The van der Waals surface area contributed by atoms with E-state index in [9.17, 15) is 24.5 Å². The van der Waals surface area contributed by atoms with Crippen molar-refractivity contribution in [3.8, 4) is 5.75 Å². The van der Waals surface area contributed by atoms with Gasteiger partial charge in [0.05, 0.1) is 12.0 Å². The van der Waals surface area contributed by atoms with Crippen LogP contribution in [0.5, 0.6) is 5.75 Å². The highest BCUT2D eigenvalue weighted by atomic mass is 16.6. The van der Waals surface area contributed by atoms with Crippen LogP contribution in [0.15, 0.2) is 48.5 Å². The van der Waals surface area contributed by atoms with Crippen LogP contribution in [-0.4, -0.2) is 42.0 Å². The first-order valence-electron chi connectivity index (χ1n) is 10.5. The Morgan fingerprint density at radius 3 is 2.32 bits per heavy atom. The van der Waals surface area contributed by atoms with E-state index in [0.717, 1.165) is 5.56 Å². The summed E-state index contributed by atoms with van der Waals surface area (Å²) in [5.41, 5.74) is 6.37. The number of amides is 3. The summed E-state index contributed by atoms with van der Waals surface area (Å²) in [4.78, 5) is 47.7. The number of hydrogen-bond acceptors (Lipinski definition) is 7. The molecule has 2 rings (SSSR count). The van der Waals surface area contributed by atoms with Gasteiger partial charge in [-0.2, -0.15) is 0 Å². The second kappa shape index (κ2) is 12.2. The lowest BCUT2D eigenvalue weighted by Crippen LogP contribution is -2.55. The molecule has 0 aromatic heterocycles. The van der Waals surface area contributed by atoms with E-state index in [1.54, 1.807) is 38.1 Å². The number of hydrogen-bond donors (Lipinski definition) is 3. The van der Waals surface area contributed by atoms with Crippen molar-refractivity contribution >= 4 is 23.6 Å². The maximum atomic E-state index is 12.9. The molecule has 34 heavy (non-hydrogen) atoms. The molecule has 11 nitrogen and oxygen atoms in total. The molecule has 182 valence electrons. The molecule has 0 heterocycles. The predicted molar refractivity (Wildman–Crippen MR) is 123 cm³/mol. The molecule has 11 heteroatoms. The third-order valence-electron chi connectivity index (χ3n) is 4.99. The maximum Gasteiger partial charge on any atom is 0.408 e. The van der Waals surface area contributed by atoms with Crippen LogP contribution >= 0.6 is 0 Å². The number of nitrogens with two attached hydrogens (primary N) is 1. The summed E-state index contributed by atoms with van der Waals surface area (Å²) in [7, 11) is 1.38. The standard InChI is InChI=1S/C23H28N4O7/c1-14(2)20(26-23(30)34-13-15-7-5-4-6-8-15)22(29)25-18(21(24)28)12-16-11-17(27(31)32)9-10-19(16)33-3/h4-11,14,18,20H,12-13H2,1-3H3,(H2,24,28)(H,25,29)(H,26,30)/t18-,20-/m0/s1. The van der Waals surface area contributed by atoms with Crippen molar-refractivity contribution in [1.82, 2.24) is 10.6 Å². The first kappa shape index (κ1) is 26.1. The van der Waals surface area contributed by atoms with E-state index >= 15 is 0 Å². The number of primary amides is 1. The van der Waals surface area contributed by atoms with Gasteiger partial charge >= 0.3 is 6.09 Å². The molecule has 0 fully saturated rings. The summed E-state index contributed by atoms with van der Waals surface area (Å²) in [5, 5.41) is 16.1. The third-order valence-corrected chi connectivity index (χ3v) is 4.99. The molecular formula is C23H28N4O7. The van der Waals surface area contributed by atoms with E-state index in [4.69, 9.17) is 15.2 Å². The molecule has 2 atom stereocenters. The molecule has 0 bridgehead atoms. The van der Waals surface area contributed by atoms with E-state index in [0.29, 0.717) is 11.3 Å². The number of nitro benzene ring substituents is 1. The van der Waals surface area contributed by atoms with Crippen molar-refractivity contribution in [1.29, 1.82) is 0 Å². The zero-order valence-electron chi connectivity index (χ0n) is 19.1. The first-order valence-corrected chi connectivity index (χ1v) is 10.5. The number of ether oxygens (including phenoxy) is 2. The fourth-order valence-electron chi connectivity index (χ4n) is 3.17. The molecule has 0 aliphatic heterocycles. The number of nitrogens with one attached hydrogen (secondary N) is 2. The minimum absolute atomic E-state index is 0.0234. The number of rotatable bonds is 11. The van der Waals surface area contributed by atoms with Crippen LogP contribution in [0.2, 0.25) is 0 Å². The smallest absolute Gasteiger partial charge is 0.408 e. The monoisotopic (exact) mass is 472 g/mol. The number of non-ortho nitro benzene ring substituents is 1. The lowest BCUT2D eigenvalue weighted by Gasteiger charge is -2.24. The Morgan fingerprint density at radius 1 is 1.09 bits per heavy atom. The average Bonchev–Trinajstić information content (AvgIpc) is 2.80. The minimum atomic E-state index is -1.20. The molecule has 0 aliphatic carbocycles. The Hall–Kier alpha value is -4.15. The van der Waals surface area contributed by atoms with E-state index in [2.05, 4.69) is 10.6 Å². The molecule has 0 saturated heterocycles. The van der Waals surface area contributed by atoms with Gasteiger partial charge < -0.3 is 25.8 Å². The number of nitrogens with zero attached hydrogens (tertiary/aromatic N) is 1. The normalized spacial score (nSPS) is 12.4. The fraction of sp³-hybridized carbons (Fsp3) is 0.348. The highest BCUT2D eigenvalue weighted by Gasteiger charge is 2.29. The molecule has 0 radical (unpaired) electrons. The molecule has 3 amide bonds. The van der Waals surface area contributed by atoms with Crippen molar-refractivity contribution in [2.75, 3.05) is 7.11 Å². The number of alkyl carbamates (subject to hydrolysis) is 1. The van der Waals surface area contributed by atoms with Gasteiger partial charge in [-0.05, 0) is 17.5 Å². The summed E-state index contributed by atoms with van der Waals surface area (Å²) >= 11 is 0. The number of carbonyl (C=O) groups is 3. The highest BCUT2D eigenvalue weighted by Crippen LogP contribution is 2.25. The summed E-state index contributed by atoms with van der Waals surface area (Å²) in [6.45, 7) is 3.45. The molecule has 0 spiro atoms. The van der Waals surface area contributed by atoms with Gasteiger partial charge in [0.25, 0.3) is 5.69 Å². The van der Waals surface area contributed by atoms with Crippen LogP contribution < -0.4 is 21.1 Å². The molecule has 0 unspecified atom stereocenters. The molecule has 2 aromatic carbocycles. The van der Waals surface area contributed by atoms with E-state index in [-0.39, 0.29) is 24.6 Å². The Bertz CT molecular complexity index is 1030. The Labute approximate surface area is 196 Å². The predicted octanol–water partition coefficient (Wildman–Crippen LogP) is 2.07. The molecule has 0 saturated carbocycles. The Balaban J connectivity index is 2.10. The van der Waals surface area contributed by atoms with Gasteiger partial charge in [0.2, 0.25) is 11.8 Å². The topological polar surface area (TPSA) is 163 Å². The lowest BCUT2D eigenvalue weighted by molar-refractivity contribution is -0.384. The van der Waals surface area contributed by atoms with Crippen LogP contribution in [0.4, 0.5) is 10.5 Å². The molecular weight excluding hydrogens is 444 g/mol. The van der Waals surface area contributed by atoms with Gasteiger partial charge in [0.1, 0.15) is 24.4 Å². The van der Waals surface area contributed by atoms with Gasteiger partial charge in [0, 0.05) is 24.1 Å². The SMILES string of the molecule is COc1ccc([N+](=O)[O-])cc1C[C@H](NC(=O)[C@@H](NC(=O)OCc1ccccc1)C(C)C)C(N)=O. The largest absolute Gasteiger partial charge is 0.496 e. The summed E-state index contributed by atoms with van der Waals surface area (Å²) < 4.78 is 10.4. The van der Waals surface area contributed by atoms with Crippen LogP contribution in [-0.2, 0) is 27.4 Å². The van der Waals surface area contributed by atoms with E-state index < -0.39 is 34.9 Å². The van der Waals surface area contributed by atoms with Crippen LogP contribution in [0.25, 0.3) is 0 Å². The second-order valence-electron chi connectivity index (χ2n) is 7.85. The average molecular weight is 472 g/mol. The number of benzene rings is 2. The number of nitro groups is 1. The van der Waals surface area contributed by atoms with Crippen LogP contribution in [0.1, 0.15) is 25.0 Å². The summed E-state index contributed by atoms with van der Waals surface area (Å²) in [5.74, 6) is -1.55. The Kier molecular flexibility index (Phi) is 9.36. The van der Waals surface area contributed by atoms with Crippen molar-refractivity contribution in [3.05, 3.63) is 69.8 Å². The zero-order chi connectivity index (χ0) is 25.3. The van der Waals surface area contributed by atoms with Gasteiger partial charge in [-0.3, -0.25) is 19.7 Å². The quantitative estimate of drug-likeness (QED) is 0.333. The lowest BCUT2D eigenvalue weighted by atomic mass is 10.0. The molecule has 4 N–H and O–H groups in total. The van der Waals surface area contributed by atoms with Gasteiger partial charge in [-0.25, -0.2) is 4.79 Å². The van der Waals surface area contributed by atoms with E-state index in [1.165, 1.54) is 25.3 Å². The fourth-order valence-corrected chi connectivity index (χ4v) is 3.17. The number of carbonyl (C=O) groups excluding carboxylic acids is 3. The van der Waals surface area contributed by atoms with Crippen molar-refractivity contribution < 1.29 is 28.8 Å². The second-order valence-corrected chi connectivity index (χ2v) is 7.85. The van der Waals surface area contributed by atoms with E-state index in [1.807, 2.05) is 6.07 Å². The zero-order valence-corrected chi connectivity index (χ0v) is 19.1. The van der Waals surface area contributed by atoms with Crippen molar-refractivity contribution in [2.24, 2.45) is 11.7 Å². The van der Waals surface area contributed by atoms with Crippen molar-refractivity contribution in [3.63, 3.8) is 0 Å². The Morgan fingerprint density at radius 2 is 1.76 bits per heavy atom. The molecule has 2 aromatic rings. The first-order chi connectivity index (χ1) is 16.1. The highest BCUT2D eigenvalue weighted by molar-refractivity contribution is 5.91. The van der Waals surface area contributed by atoms with Gasteiger partial charge in [-0.15, -0.1) is 0 Å². The summed E-state index contributed by atoms with van der Waals surface area (Å²) in [6.07, 6.45) is -0.941. The van der Waals surface area contributed by atoms with Gasteiger partial charge in [-0.1, -0.05) is 44.2 Å². The number of methoxy groups -OCH3 is 1. The molecule has 0 aliphatic rings. The minimum Gasteiger partial charge on any atom is -0.496 e. The van der Waals surface area contributed by atoms with Crippen LogP contribution in [0, 0.1) is 16.0 Å². The maximum absolute atomic E-state index is 12.9. The summed E-state index contributed by atoms with van der Waals surface area (Å²) in [6, 6.07) is 10.7.